The Balaban J connectivity index is 2.89. The summed E-state index contributed by atoms with van der Waals surface area (Å²) in [7, 11) is 0. The zero-order chi connectivity index (χ0) is 9.14. The molecular formula is C9H12O2S. The minimum atomic E-state index is -1.73. The van der Waals surface area contributed by atoms with Crippen molar-refractivity contribution in [3.8, 4) is 0 Å². The lowest BCUT2D eigenvalue weighted by Gasteiger charge is -2.02. The van der Waals surface area contributed by atoms with E-state index in [0.717, 1.165) is 11.1 Å². The number of aryl methyl sites for hydroxylation is 2. The van der Waals surface area contributed by atoms with Crippen molar-refractivity contribution in [2.75, 3.05) is 0 Å². The van der Waals surface area contributed by atoms with Gasteiger partial charge in [-0.25, -0.2) is 4.21 Å². The van der Waals surface area contributed by atoms with Crippen molar-refractivity contribution in [3.63, 3.8) is 0 Å². The number of rotatable bonds is 2. The predicted molar refractivity (Wildman–Crippen MR) is 50.4 cm³/mol. The Kier molecular flexibility index (Phi) is 3.00. The van der Waals surface area contributed by atoms with E-state index in [2.05, 4.69) is 0 Å². The SMILES string of the molecule is Cc1ccc(CS(=O)O)cc1C. The van der Waals surface area contributed by atoms with Gasteiger partial charge in [-0.2, -0.15) is 0 Å². The van der Waals surface area contributed by atoms with E-state index in [4.69, 9.17) is 4.55 Å². The molecule has 0 heterocycles. The lowest BCUT2D eigenvalue weighted by Crippen LogP contribution is -1.93. The van der Waals surface area contributed by atoms with Crippen molar-refractivity contribution in [2.24, 2.45) is 0 Å². The summed E-state index contributed by atoms with van der Waals surface area (Å²) in [4.78, 5) is 0. The minimum Gasteiger partial charge on any atom is -0.306 e. The second kappa shape index (κ2) is 3.83. The molecule has 0 aromatic heterocycles. The van der Waals surface area contributed by atoms with Crippen LogP contribution in [0.1, 0.15) is 16.7 Å². The van der Waals surface area contributed by atoms with Gasteiger partial charge in [-0.3, -0.25) is 0 Å². The molecule has 0 radical (unpaired) electrons. The third kappa shape index (κ3) is 2.43. The zero-order valence-corrected chi connectivity index (χ0v) is 8.02. The molecule has 0 spiro atoms. The van der Waals surface area contributed by atoms with Crippen molar-refractivity contribution in [1.29, 1.82) is 0 Å². The van der Waals surface area contributed by atoms with Gasteiger partial charge in [0, 0.05) is 0 Å². The van der Waals surface area contributed by atoms with Crippen LogP contribution in [0.5, 0.6) is 0 Å². The van der Waals surface area contributed by atoms with E-state index in [1.54, 1.807) is 0 Å². The summed E-state index contributed by atoms with van der Waals surface area (Å²) in [5, 5.41) is 0. The summed E-state index contributed by atoms with van der Waals surface area (Å²) in [6, 6.07) is 5.80. The molecule has 0 amide bonds. The Hall–Kier alpha value is -0.670. The van der Waals surface area contributed by atoms with E-state index in [1.165, 1.54) is 5.56 Å². The van der Waals surface area contributed by atoms with Crippen LogP contribution in [-0.2, 0) is 16.8 Å². The van der Waals surface area contributed by atoms with Crippen LogP contribution < -0.4 is 0 Å². The van der Waals surface area contributed by atoms with Crippen molar-refractivity contribution in [3.05, 3.63) is 34.9 Å². The molecule has 0 aliphatic heterocycles. The quantitative estimate of drug-likeness (QED) is 0.714. The third-order valence-electron chi connectivity index (χ3n) is 1.86. The van der Waals surface area contributed by atoms with Crippen LogP contribution in [0.4, 0.5) is 0 Å². The second-order valence-corrected chi connectivity index (χ2v) is 3.82. The zero-order valence-electron chi connectivity index (χ0n) is 7.20. The Morgan fingerprint density at radius 2 is 2.00 bits per heavy atom. The van der Waals surface area contributed by atoms with Gasteiger partial charge < -0.3 is 4.55 Å². The summed E-state index contributed by atoms with van der Waals surface area (Å²) in [6.07, 6.45) is 0. The van der Waals surface area contributed by atoms with Gasteiger partial charge in [0.25, 0.3) is 0 Å². The number of hydrogen-bond acceptors (Lipinski definition) is 1. The summed E-state index contributed by atoms with van der Waals surface area (Å²) >= 11 is -1.73. The van der Waals surface area contributed by atoms with Gasteiger partial charge in [0.1, 0.15) is 0 Å². The third-order valence-corrected chi connectivity index (χ3v) is 2.44. The van der Waals surface area contributed by atoms with E-state index in [0.29, 0.717) is 0 Å². The predicted octanol–water partition coefficient (Wildman–Crippen LogP) is 2.03. The highest BCUT2D eigenvalue weighted by molar-refractivity contribution is 7.78. The summed E-state index contributed by atoms with van der Waals surface area (Å²) < 4.78 is 19.1. The van der Waals surface area contributed by atoms with Crippen molar-refractivity contribution < 1.29 is 8.76 Å². The molecule has 1 unspecified atom stereocenters. The van der Waals surface area contributed by atoms with Gasteiger partial charge in [0.2, 0.25) is 0 Å². The van der Waals surface area contributed by atoms with E-state index < -0.39 is 11.1 Å². The molecule has 0 aliphatic rings. The monoisotopic (exact) mass is 184 g/mol. The fourth-order valence-corrected chi connectivity index (χ4v) is 1.50. The molecule has 0 saturated carbocycles. The van der Waals surface area contributed by atoms with Crippen LogP contribution in [-0.4, -0.2) is 8.76 Å². The molecule has 1 rings (SSSR count). The Labute approximate surface area is 74.9 Å². The van der Waals surface area contributed by atoms with Crippen LogP contribution in [0.2, 0.25) is 0 Å². The maximum atomic E-state index is 10.5. The molecule has 2 nitrogen and oxygen atoms in total. The first-order chi connectivity index (χ1) is 5.59. The first kappa shape index (κ1) is 9.42. The van der Waals surface area contributed by atoms with Crippen LogP contribution >= 0.6 is 0 Å². The van der Waals surface area contributed by atoms with Gasteiger partial charge in [0.05, 0.1) is 5.75 Å². The number of benzene rings is 1. The molecule has 1 atom stereocenters. The molecule has 12 heavy (non-hydrogen) atoms. The highest BCUT2D eigenvalue weighted by Crippen LogP contribution is 2.10. The molecule has 0 fully saturated rings. The minimum absolute atomic E-state index is 0.223. The van der Waals surface area contributed by atoms with E-state index in [9.17, 15) is 4.21 Å². The molecule has 0 saturated heterocycles. The average molecular weight is 184 g/mol. The molecule has 1 aromatic rings. The summed E-state index contributed by atoms with van der Waals surface area (Å²) in [5.41, 5.74) is 3.29. The van der Waals surface area contributed by atoms with Crippen LogP contribution in [0.15, 0.2) is 18.2 Å². The summed E-state index contributed by atoms with van der Waals surface area (Å²) in [5.74, 6) is 0.223. The smallest absolute Gasteiger partial charge is 0.157 e. The van der Waals surface area contributed by atoms with Crippen molar-refractivity contribution >= 4 is 11.1 Å². The lowest BCUT2D eigenvalue weighted by atomic mass is 10.1. The molecule has 0 aliphatic carbocycles. The maximum absolute atomic E-state index is 10.5. The average Bonchev–Trinajstić information content (AvgIpc) is 1.96. The largest absolute Gasteiger partial charge is 0.306 e. The van der Waals surface area contributed by atoms with Gasteiger partial charge >= 0.3 is 0 Å². The highest BCUT2D eigenvalue weighted by Gasteiger charge is 1.99. The van der Waals surface area contributed by atoms with Gasteiger partial charge in [-0.1, -0.05) is 18.2 Å². The normalized spacial score (nSPS) is 12.9. The molecule has 0 bridgehead atoms. The number of hydrogen-bond donors (Lipinski definition) is 1. The van der Waals surface area contributed by atoms with Crippen molar-refractivity contribution in [2.45, 2.75) is 19.6 Å². The molecular weight excluding hydrogens is 172 g/mol. The first-order valence-corrected chi connectivity index (χ1v) is 5.01. The second-order valence-electron chi connectivity index (χ2n) is 2.88. The van der Waals surface area contributed by atoms with E-state index in [-0.39, 0.29) is 5.75 Å². The van der Waals surface area contributed by atoms with Crippen LogP contribution in [0, 0.1) is 13.8 Å². The Bertz CT molecular complexity index is 307. The van der Waals surface area contributed by atoms with E-state index >= 15 is 0 Å². The van der Waals surface area contributed by atoms with Crippen molar-refractivity contribution in [1.82, 2.24) is 0 Å². The first-order valence-electron chi connectivity index (χ1n) is 3.73. The molecule has 3 heteroatoms. The van der Waals surface area contributed by atoms with Gasteiger partial charge in [0.15, 0.2) is 11.1 Å². The van der Waals surface area contributed by atoms with Crippen LogP contribution in [0.3, 0.4) is 0 Å². The fraction of sp³-hybridized carbons (Fsp3) is 0.333. The van der Waals surface area contributed by atoms with Gasteiger partial charge in [-0.05, 0) is 30.5 Å². The molecule has 1 N–H and O–H groups in total. The Morgan fingerprint density at radius 3 is 2.50 bits per heavy atom. The van der Waals surface area contributed by atoms with Gasteiger partial charge in [-0.15, -0.1) is 0 Å². The summed E-state index contributed by atoms with van der Waals surface area (Å²) in [6.45, 7) is 4.02. The lowest BCUT2D eigenvalue weighted by molar-refractivity contribution is 0.563. The Morgan fingerprint density at radius 1 is 1.33 bits per heavy atom. The topological polar surface area (TPSA) is 37.3 Å². The highest BCUT2D eigenvalue weighted by atomic mass is 32.2. The maximum Gasteiger partial charge on any atom is 0.157 e. The molecule has 66 valence electrons. The van der Waals surface area contributed by atoms with E-state index in [1.807, 2.05) is 32.0 Å². The molecule has 1 aromatic carbocycles. The van der Waals surface area contributed by atoms with Crippen LogP contribution in [0.25, 0.3) is 0 Å². The fourth-order valence-electron chi connectivity index (χ4n) is 1.04. The standard InChI is InChI=1S/C9H12O2S/c1-7-3-4-9(5-8(7)2)6-12(10)11/h3-5H,6H2,1-2H3,(H,10,11).